The summed E-state index contributed by atoms with van der Waals surface area (Å²) >= 11 is 0. The summed E-state index contributed by atoms with van der Waals surface area (Å²) < 4.78 is 29.7. The minimum atomic E-state index is -2.77. The Morgan fingerprint density at radius 2 is 1.72 bits per heavy atom. The van der Waals surface area contributed by atoms with E-state index in [1.54, 1.807) is 6.07 Å². The number of ether oxygens (including phenoxy) is 1. The predicted molar refractivity (Wildman–Crippen MR) is 101 cm³/mol. The van der Waals surface area contributed by atoms with Gasteiger partial charge in [0.1, 0.15) is 5.75 Å². The average Bonchev–Trinajstić information content (AvgIpc) is 2.57. The fourth-order valence-electron chi connectivity index (χ4n) is 4.07. The third-order valence-corrected chi connectivity index (χ3v) is 5.07. The lowest BCUT2D eigenvalue weighted by atomic mass is 9.80. The molecule has 1 aliphatic carbocycles. The van der Waals surface area contributed by atoms with Gasteiger partial charge in [0.2, 0.25) is 0 Å². The van der Waals surface area contributed by atoms with Gasteiger partial charge in [-0.25, -0.2) is 0 Å². The molecule has 2 aliphatic rings. The lowest BCUT2D eigenvalue weighted by Crippen LogP contribution is -2.47. The van der Waals surface area contributed by atoms with Crippen molar-refractivity contribution in [3.05, 3.63) is 29.8 Å². The largest absolute Gasteiger partial charge is 0.435 e. The van der Waals surface area contributed by atoms with E-state index in [0.717, 1.165) is 31.7 Å². The Hall–Kier alpha value is -0.620. The Morgan fingerprint density at radius 1 is 1.04 bits per heavy atom. The molecular weight excluding hydrogens is 369 g/mol. The highest BCUT2D eigenvalue weighted by atomic mass is 35.5. The van der Waals surface area contributed by atoms with Crippen LogP contribution in [0.1, 0.15) is 43.7 Å². The van der Waals surface area contributed by atoms with Gasteiger partial charge in [0.25, 0.3) is 0 Å². The van der Waals surface area contributed by atoms with Gasteiger partial charge in [-0.3, -0.25) is 4.90 Å². The van der Waals surface area contributed by atoms with E-state index in [4.69, 9.17) is 0 Å². The maximum Gasteiger partial charge on any atom is 0.387 e. The van der Waals surface area contributed by atoms with Crippen LogP contribution in [0.4, 0.5) is 8.78 Å². The zero-order valence-corrected chi connectivity index (χ0v) is 16.0. The summed E-state index contributed by atoms with van der Waals surface area (Å²) in [6.45, 7) is 1.26. The molecule has 1 saturated carbocycles. The second-order valence-corrected chi connectivity index (χ2v) is 6.58. The van der Waals surface area contributed by atoms with Gasteiger partial charge in [0.15, 0.2) is 0 Å². The number of hydrogen-bond donors (Lipinski definition) is 1. The van der Waals surface area contributed by atoms with Gasteiger partial charge >= 0.3 is 6.61 Å². The SMILES string of the molecule is Cl.Cl.FC(F)Oc1cccc([C@@H](C2CCCCC2)N2CCNCC2)c1. The van der Waals surface area contributed by atoms with E-state index in [0.29, 0.717) is 12.0 Å². The van der Waals surface area contributed by atoms with Crippen LogP contribution < -0.4 is 10.1 Å². The Bertz CT molecular complexity index is 478. The van der Waals surface area contributed by atoms with Gasteiger partial charge < -0.3 is 10.1 Å². The van der Waals surface area contributed by atoms with Crippen molar-refractivity contribution in [3.8, 4) is 5.75 Å². The summed E-state index contributed by atoms with van der Waals surface area (Å²) in [7, 11) is 0. The van der Waals surface area contributed by atoms with Gasteiger partial charge in [-0.2, -0.15) is 8.78 Å². The fourth-order valence-corrected chi connectivity index (χ4v) is 4.07. The van der Waals surface area contributed by atoms with Crippen molar-refractivity contribution in [1.82, 2.24) is 10.2 Å². The van der Waals surface area contributed by atoms with Crippen LogP contribution in [-0.4, -0.2) is 37.7 Å². The van der Waals surface area contributed by atoms with Crippen molar-refractivity contribution < 1.29 is 13.5 Å². The Balaban J connectivity index is 0.00000156. The summed E-state index contributed by atoms with van der Waals surface area (Å²) in [6.07, 6.45) is 6.34. The lowest BCUT2D eigenvalue weighted by Gasteiger charge is -2.41. The van der Waals surface area contributed by atoms with Crippen LogP contribution in [0, 0.1) is 5.92 Å². The molecule has 1 heterocycles. The third-order valence-electron chi connectivity index (χ3n) is 5.07. The highest BCUT2D eigenvalue weighted by Gasteiger charge is 2.31. The van der Waals surface area contributed by atoms with Crippen LogP contribution >= 0.6 is 24.8 Å². The average molecular weight is 397 g/mol. The monoisotopic (exact) mass is 396 g/mol. The number of nitrogens with zero attached hydrogens (tertiary/aromatic N) is 1. The second-order valence-electron chi connectivity index (χ2n) is 6.58. The lowest BCUT2D eigenvalue weighted by molar-refractivity contribution is -0.0499. The first-order valence-corrected chi connectivity index (χ1v) is 8.73. The number of alkyl halides is 2. The van der Waals surface area contributed by atoms with E-state index in [1.165, 1.54) is 32.1 Å². The number of rotatable bonds is 5. The summed E-state index contributed by atoms with van der Waals surface area (Å²) in [5, 5.41) is 3.40. The first kappa shape index (κ1) is 22.4. The summed E-state index contributed by atoms with van der Waals surface area (Å²) in [4.78, 5) is 2.52. The van der Waals surface area contributed by atoms with Gasteiger partial charge in [-0.15, -0.1) is 24.8 Å². The Kier molecular flexibility index (Phi) is 10.0. The maximum absolute atomic E-state index is 12.5. The van der Waals surface area contributed by atoms with Crippen LogP contribution in [0.15, 0.2) is 24.3 Å². The van der Waals surface area contributed by atoms with E-state index in [1.807, 2.05) is 12.1 Å². The van der Waals surface area contributed by atoms with Crippen molar-refractivity contribution in [2.45, 2.75) is 44.8 Å². The fraction of sp³-hybridized carbons (Fsp3) is 0.667. The zero-order valence-electron chi connectivity index (χ0n) is 14.3. The minimum absolute atomic E-state index is 0. The summed E-state index contributed by atoms with van der Waals surface area (Å²) in [5.74, 6) is 0.886. The first-order chi connectivity index (χ1) is 11.2. The van der Waals surface area contributed by atoms with Crippen LogP contribution in [0.2, 0.25) is 0 Å². The zero-order chi connectivity index (χ0) is 16.1. The highest BCUT2D eigenvalue weighted by Crippen LogP contribution is 2.39. The molecule has 0 spiro atoms. The normalized spacial score (nSPS) is 20.4. The molecule has 2 fully saturated rings. The molecule has 0 bridgehead atoms. The minimum Gasteiger partial charge on any atom is -0.435 e. The third kappa shape index (κ3) is 6.24. The van der Waals surface area contributed by atoms with Gasteiger partial charge in [-0.05, 0) is 36.5 Å². The van der Waals surface area contributed by atoms with Gasteiger partial charge in [-0.1, -0.05) is 31.4 Å². The van der Waals surface area contributed by atoms with E-state index >= 15 is 0 Å². The number of piperazine rings is 1. The van der Waals surface area contributed by atoms with E-state index in [-0.39, 0.29) is 30.6 Å². The second kappa shape index (κ2) is 11.2. The molecule has 7 heteroatoms. The molecule has 3 rings (SSSR count). The number of nitrogens with one attached hydrogen (secondary N) is 1. The quantitative estimate of drug-likeness (QED) is 0.782. The molecule has 25 heavy (non-hydrogen) atoms. The molecule has 1 atom stereocenters. The molecule has 1 aromatic carbocycles. The number of halogens is 4. The molecule has 0 unspecified atom stereocenters. The standard InChI is InChI=1S/C18H26F2N2O.2ClH/c19-18(20)23-16-8-4-7-15(13-16)17(14-5-2-1-3-6-14)22-11-9-21-10-12-22;;/h4,7-8,13-14,17-18,21H,1-3,5-6,9-12H2;2*1H/t17-;;/m1../s1. The molecule has 1 aliphatic heterocycles. The molecular formula is C18H28Cl2F2N2O. The Morgan fingerprint density at radius 3 is 2.36 bits per heavy atom. The maximum atomic E-state index is 12.5. The molecule has 1 aromatic rings. The van der Waals surface area contributed by atoms with Crippen LogP contribution in [-0.2, 0) is 0 Å². The van der Waals surface area contributed by atoms with Crippen molar-refractivity contribution >= 4 is 24.8 Å². The van der Waals surface area contributed by atoms with Crippen molar-refractivity contribution in [1.29, 1.82) is 0 Å². The molecule has 0 radical (unpaired) electrons. The summed E-state index contributed by atoms with van der Waals surface area (Å²) in [6, 6.07) is 7.65. The van der Waals surface area contributed by atoms with E-state index in [2.05, 4.69) is 21.0 Å². The molecule has 0 amide bonds. The van der Waals surface area contributed by atoms with Crippen molar-refractivity contribution in [3.63, 3.8) is 0 Å². The highest BCUT2D eigenvalue weighted by molar-refractivity contribution is 5.85. The van der Waals surface area contributed by atoms with Crippen LogP contribution in [0.3, 0.4) is 0 Å². The first-order valence-electron chi connectivity index (χ1n) is 8.73. The number of benzene rings is 1. The smallest absolute Gasteiger partial charge is 0.387 e. The molecule has 1 N–H and O–H groups in total. The van der Waals surface area contributed by atoms with Gasteiger partial charge in [0, 0.05) is 32.2 Å². The number of hydrogen-bond acceptors (Lipinski definition) is 3. The van der Waals surface area contributed by atoms with Crippen LogP contribution in [0.25, 0.3) is 0 Å². The molecule has 0 aromatic heterocycles. The topological polar surface area (TPSA) is 24.5 Å². The van der Waals surface area contributed by atoms with E-state index < -0.39 is 6.61 Å². The van der Waals surface area contributed by atoms with Crippen molar-refractivity contribution in [2.24, 2.45) is 5.92 Å². The molecule has 144 valence electrons. The molecule has 3 nitrogen and oxygen atoms in total. The summed E-state index contributed by atoms with van der Waals surface area (Å²) in [5.41, 5.74) is 1.12. The predicted octanol–water partition coefficient (Wildman–Crippen LogP) is 4.66. The van der Waals surface area contributed by atoms with Gasteiger partial charge in [0.05, 0.1) is 0 Å². The van der Waals surface area contributed by atoms with Crippen LogP contribution in [0.5, 0.6) is 5.75 Å². The van der Waals surface area contributed by atoms with Crippen molar-refractivity contribution in [2.75, 3.05) is 26.2 Å². The van der Waals surface area contributed by atoms with E-state index in [9.17, 15) is 8.78 Å². The molecule has 1 saturated heterocycles. The Labute approximate surface area is 161 Å².